The molecule has 2 atom stereocenters. The van der Waals surface area contributed by atoms with Crippen LogP contribution in [0.4, 0.5) is 13.2 Å². The molecule has 7 heteroatoms. The normalized spacial score (nSPS) is 14.5. The zero-order chi connectivity index (χ0) is 18.3. The first-order chi connectivity index (χ1) is 11.2. The van der Waals surface area contributed by atoms with Gasteiger partial charge >= 0.3 is 6.18 Å². The molecule has 0 bridgehead atoms. The molecule has 4 nitrogen and oxygen atoms in total. The van der Waals surface area contributed by atoms with Crippen molar-refractivity contribution in [3.8, 4) is 0 Å². The Morgan fingerprint density at radius 1 is 1.33 bits per heavy atom. The van der Waals surface area contributed by atoms with Crippen molar-refractivity contribution in [2.45, 2.75) is 45.0 Å². The minimum absolute atomic E-state index is 0.0700. The van der Waals surface area contributed by atoms with Gasteiger partial charge in [0.2, 0.25) is 5.91 Å². The maximum Gasteiger partial charge on any atom is 0.416 e. The van der Waals surface area contributed by atoms with Crippen LogP contribution in [0.25, 0.3) is 0 Å². The number of halogens is 3. The third-order valence-electron chi connectivity index (χ3n) is 3.67. The highest BCUT2D eigenvalue weighted by Gasteiger charge is 2.31. The fourth-order valence-corrected chi connectivity index (χ4v) is 2.40. The van der Waals surface area contributed by atoms with E-state index in [2.05, 4.69) is 5.32 Å². The van der Waals surface area contributed by atoms with Crippen molar-refractivity contribution in [2.24, 2.45) is 11.7 Å². The van der Waals surface area contributed by atoms with Gasteiger partial charge in [-0.2, -0.15) is 13.2 Å². The van der Waals surface area contributed by atoms with Crippen LogP contribution in [0.3, 0.4) is 0 Å². The van der Waals surface area contributed by atoms with Crippen LogP contribution in [-0.2, 0) is 15.7 Å². The predicted octanol–water partition coefficient (Wildman–Crippen LogP) is 3.27. The second-order valence-electron chi connectivity index (χ2n) is 6.17. The number of rotatable bonds is 8. The zero-order valence-electron chi connectivity index (χ0n) is 14.2. The standard InChI is InChI=1S/C17H25F3N2O2/c1-11(2)7-15(22-16(23)9-14(10-21)24-3)12-5-4-6-13(8-12)17(18,19)20/h4-6,8,11,14-15H,7,9-10,21H2,1-3H3,(H,22,23). The molecule has 0 aromatic heterocycles. The van der Waals surface area contributed by atoms with Crippen molar-refractivity contribution < 1.29 is 22.7 Å². The molecule has 3 N–H and O–H groups in total. The van der Waals surface area contributed by atoms with Gasteiger partial charge in [0.25, 0.3) is 0 Å². The number of nitrogens with one attached hydrogen (secondary N) is 1. The predicted molar refractivity (Wildman–Crippen MR) is 86.3 cm³/mol. The van der Waals surface area contributed by atoms with Crippen LogP contribution in [0.1, 0.15) is 43.9 Å². The highest BCUT2D eigenvalue weighted by atomic mass is 19.4. The molecule has 0 radical (unpaired) electrons. The summed E-state index contributed by atoms with van der Waals surface area (Å²) >= 11 is 0. The molecule has 0 fully saturated rings. The first-order valence-electron chi connectivity index (χ1n) is 7.86. The van der Waals surface area contributed by atoms with Gasteiger partial charge in [0.05, 0.1) is 24.1 Å². The summed E-state index contributed by atoms with van der Waals surface area (Å²) < 4.78 is 43.8. The Bertz CT molecular complexity index is 529. The second kappa shape index (κ2) is 9.03. The van der Waals surface area contributed by atoms with Crippen molar-refractivity contribution in [1.29, 1.82) is 0 Å². The van der Waals surface area contributed by atoms with Crippen molar-refractivity contribution >= 4 is 5.91 Å². The summed E-state index contributed by atoms with van der Waals surface area (Å²) in [5.74, 6) is -0.0899. The van der Waals surface area contributed by atoms with E-state index in [9.17, 15) is 18.0 Å². The van der Waals surface area contributed by atoms with Crippen LogP contribution in [0.2, 0.25) is 0 Å². The molecule has 24 heavy (non-hydrogen) atoms. The highest BCUT2D eigenvalue weighted by molar-refractivity contribution is 5.77. The number of hydrogen-bond acceptors (Lipinski definition) is 3. The van der Waals surface area contributed by atoms with Crippen molar-refractivity contribution in [1.82, 2.24) is 5.32 Å². The zero-order valence-corrected chi connectivity index (χ0v) is 14.2. The highest BCUT2D eigenvalue weighted by Crippen LogP contribution is 2.32. The van der Waals surface area contributed by atoms with Crippen molar-refractivity contribution in [3.05, 3.63) is 35.4 Å². The van der Waals surface area contributed by atoms with Crippen LogP contribution in [0.5, 0.6) is 0 Å². The quantitative estimate of drug-likeness (QED) is 0.759. The minimum atomic E-state index is -4.41. The Balaban J connectivity index is 2.95. The van der Waals surface area contributed by atoms with Gasteiger partial charge in [0, 0.05) is 13.7 Å². The summed E-state index contributed by atoms with van der Waals surface area (Å²) in [6.07, 6.45) is -4.22. The third kappa shape index (κ3) is 6.49. The molecule has 0 aliphatic carbocycles. The third-order valence-corrected chi connectivity index (χ3v) is 3.67. The monoisotopic (exact) mass is 346 g/mol. The van der Waals surface area contributed by atoms with E-state index in [-0.39, 0.29) is 24.8 Å². The van der Waals surface area contributed by atoms with E-state index >= 15 is 0 Å². The molecule has 1 aromatic rings. The van der Waals surface area contributed by atoms with Gasteiger partial charge in [-0.25, -0.2) is 0 Å². The van der Waals surface area contributed by atoms with Crippen molar-refractivity contribution in [3.63, 3.8) is 0 Å². The Morgan fingerprint density at radius 3 is 2.50 bits per heavy atom. The number of amides is 1. The molecule has 0 aliphatic rings. The average Bonchev–Trinajstić information content (AvgIpc) is 2.50. The van der Waals surface area contributed by atoms with E-state index in [4.69, 9.17) is 10.5 Å². The van der Waals surface area contributed by atoms with Gasteiger partial charge < -0.3 is 15.8 Å². The topological polar surface area (TPSA) is 64.3 Å². The largest absolute Gasteiger partial charge is 0.416 e. The smallest absolute Gasteiger partial charge is 0.380 e. The lowest BCUT2D eigenvalue weighted by atomic mass is 9.95. The van der Waals surface area contributed by atoms with E-state index in [1.165, 1.54) is 13.2 Å². The molecule has 136 valence electrons. The Labute approximate surface area is 140 Å². The fourth-order valence-electron chi connectivity index (χ4n) is 2.40. The molecule has 0 spiro atoms. The number of benzene rings is 1. The number of carbonyl (C=O) groups excluding carboxylic acids is 1. The number of carbonyl (C=O) groups is 1. The van der Waals surface area contributed by atoms with Crippen molar-refractivity contribution in [2.75, 3.05) is 13.7 Å². The first-order valence-corrected chi connectivity index (χ1v) is 7.86. The summed E-state index contributed by atoms with van der Waals surface area (Å²) in [5, 5.41) is 2.80. The summed E-state index contributed by atoms with van der Waals surface area (Å²) in [5.41, 5.74) is 5.21. The molecule has 0 heterocycles. The van der Waals surface area contributed by atoms with Crippen LogP contribution >= 0.6 is 0 Å². The van der Waals surface area contributed by atoms with Gasteiger partial charge in [-0.15, -0.1) is 0 Å². The molecular weight excluding hydrogens is 321 g/mol. The van der Waals surface area contributed by atoms with Crippen LogP contribution < -0.4 is 11.1 Å². The molecule has 2 unspecified atom stereocenters. The fraction of sp³-hybridized carbons (Fsp3) is 0.588. The first kappa shape index (κ1) is 20.4. The van der Waals surface area contributed by atoms with E-state index < -0.39 is 23.9 Å². The summed E-state index contributed by atoms with van der Waals surface area (Å²) in [4.78, 5) is 12.1. The van der Waals surface area contributed by atoms with Gasteiger partial charge in [0.1, 0.15) is 0 Å². The Hall–Kier alpha value is -1.60. The lowest BCUT2D eigenvalue weighted by molar-refractivity contribution is -0.137. The summed E-state index contributed by atoms with van der Waals surface area (Å²) in [7, 11) is 1.46. The van der Waals surface area contributed by atoms with Crippen LogP contribution in [-0.4, -0.2) is 25.7 Å². The van der Waals surface area contributed by atoms with E-state index in [1.54, 1.807) is 6.07 Å². The maximum atomic E-state index is 12.9. The van der Waals surface area contributed by atoms with Crippen LogP contribution in [0, 0.1) is 5.92 Å². The maximum absolute atomic E-state index is 12.9. The molecule has 1 aromatic carbocycles. The van der Waals surface area contributed by atoms with E-state index in [0.717, 1.165) is 12.1 Å². The lowest BCUT2D eigenvalue weighted by Gasteiger charge is -2.23. The number of methoxy groups -OCH3 is 1. The lowest BCUT2D eigenvalue weighted by Crippen LogP contribution is -2.35. The van der Waals surface area contributed by atoms with Gasteiger partial charge in [-0.1, -0.05) is 26.0 Å². The molecular formula is C17H25F3N2O2. The SMILES string of the molecule is COC(CN)CC(=O)NC(CC(C)C)c1cccc(C(F)(F)F)c1. The number of alkyl halides is 3. The van der Waals surface area contributed by atoms with Crippen LogP contribution in [0.15, 0.2) is 24.3 Å². The summed E-state index contributed by atoms with van der Waals surface area (Å²) in [6, 6.07) is 4.57. The van der Waals surface area contributed by atoms with Gasteiger partial charge in [-0.05, 0) is 30.0 Å². The molecule has 0 saturated heterocycles. The Kier molecular flexibility index (Phi) is 7.69. The molecule has 1 amide bonds. The number of nitrogens with two attached hydrogens (primary N) is 1. The molecule has 0 saturated carbocycles. The number of hydrogen-bond donors (Lipinski definition) is 2. The van der Waals surface area contributed by atoms with Gasteiger partial charge in [-0.3, -0.25) is 4.79 Å². The minimum Gasteiger partial charge on any atom is -0.380 e. The van der Waals surface area contributed by atoms with E-state index in [1.807, 2.05) is 13.8 Å². The Morgan fingerprint density at radius 2 is 2.00 bits per heavy atom. The van der Waals surface area contributed by atoms with E-state index in [0.29, 0.717) is 12.0 Å². The molecule has 0 aliphatic heterocycles. The second-order valence-corrected chi connectivity index (χ2v) is 6.17. The van der Waals surface area contributed by atoms with Gasteiger partial charge in [0.15, 0.2) is 0 Å². The molecule has 1 rings (SSSR count). The average molecular weight is 346 g/mol. The summed E-state index contributed by atoms with van der Waals surface area (Å²) in [6.45, 7) is 4.09. The number of ether oxygens (including phenoxy) is 1.